The maximum Gasteiger partial charge on any atom is 0.317 e. The van der Waals surface area contributed by atoms with E-state index in [1.807, 2.05) is 6.92 Å². The van der Waals surface area contributed by atoms with Crippen LogP contribution in [0.4, 0.5) is 4.79 Å². The van der Waals surface area contributed by atoms with Gasteiger partial charge in [0.2, 0.25) is 0 Å². The number of thiazole rings is 1. The quantitative estimate of drug-likeness (QED) is 0.892. The van der Waals surface area contributed by atoms with Crippen LogP contribution in [0, 0.1) is 12.3 Å². The fourth-order valence-corrected chi connectivity index (χ4v) is 3.06. The number of aryl methyl sites for hydroxylation is 1. The molecule has 1 aromatic heterocycles. The number of carbonyl (C=O) groups is 2. The Morgan fingerprint density at radius 2 is 2.35 bits per heavy atom. The van der Waals surface area contributed by atoms with Crippen molar-refractivity contribution in [3.8, 4) is 0 Å². The van der Waals surface area contributed by atoms with E-state index in [1.54, 1.807) is 29.4 Å². The van der Waals surface area contributed by atoms with E-state index < -0.39 is 11.4 Å². The van der Waals surface area contributed by atoms with Gasteiger partial charge in [0.15, 0.2) is 0 Å². The van der Waals surface area contributed by atoms with Gasteiger partial charge in [0.05, 0.1) is 12.0 Å². The Morgan fingerprint density at radius 1 is 1.60 bits per heavy atom. The maximum atomic E-state index is 12.1. The third kappa shape index (κ3) is 3.27. The highest BCUT2D eigenvalue weighted by atomic mass is 32.1. The van der Waals surface area contributed by atoms with Crippen LogP contribution >= 0.6 is 11.3 Å². The Kier molecular flexibility index (Phi) is 4.27. The second kappa shape index (κ2) is 5.78. The van der Waals surface area contributed by atoms with Crippen LogP contribution in [0.15, 0.2) is 6.20 Å². The summed E-state index contributed by atoms with van der Waals surface area (Å²) in [7, 11) is 0. The lowest BCUT2D eigenvalue weighted by Gasteiger charge is -2.37. The lowest BCUT2D eigenvalue weighted by Crippen LogP contribution is -2.51. The molecule has 2 heterocycles. The van der Waals surface area contributed by atoms with Gasteiger partial charge >= 0.3 is 12.0 Å². The van der Waals surface area contributed by atoms with E-state index in [0.29, 0.717) is 25.9 Å². The molecule has 1 aliphatic heterocycles. The van der Waals surface area contributed by atoms with Gasteiger partial charge in [0.1, 0.15) is 5.01 Å². The first-order valence-corrected chi connectivity index (χ1v) is 7.40. The first kappa shape index (κ1) is 14.8. The highest BCUT2D eigenvalue weighted by molar-refractivity contribution is 7.11. The van der Waals surface area contributed by atoms with Gasteiger partial charge in [0, 0.05) is 24.2 Å². The van der Waals surface area contributed by atoms with Gasteiger partial charge in [0.25, 0.3) is 0 Å². The fourth-order valence-electron chi connectivity index (χ4n) is 2.33. The van der Waals surface area contributed by atoms with Crippen LogP contribution in [0.25, 0.3) is 0 Å². The van der Waals surface area contributed by atoms with E-state index in [0.717, 1.165) is 9.88 Å². The number of hydrogen-bond acceptors (Lipinski definition) is 4. The van der Waals surface area contributed by atoms with Crippen molar-refractivity contribution in [2.24, 2.45) is 5.41 Å². The standard InChI is InChI=1S/C13H19N3O3S/c1-9-6-14-10(20-9)7-15-12(19)16-5-3-4-13(2,8-16)11(17)18/h6H,3-5,7-8H2,1-2H3,(H,15,19)(H,17,18). The molecular weight excluding hydrogens is 278 g/mol. The summed E-state index contributed by atoms with van der Waals surface area (Å²) in [5.41, 5.74) is -0.840. The minimum atomic E-state index is -0.842. The van der Waals surface area contributed by atoms with E-state index in [2.05, 4.69) is 10.3 Å². The number of nitrogens with one attached hydrogen (secondary N) is 1. The summed E-state index contributed by atoms with van der Waals surface area (Å²) >= 11 is 1.54. The molecule has 1 aromatic rings. The number of likely N-dealkylation sites (tertiary alicyclic amines) is 1. The largest absolute Gasteiger partial charge is 0.481 e. The third-order valence-electron chi connectivity index (χ3n) is 3.56. The lowest BCUT2D eigenvalue weighted by molar-refractivity contribution is -0.150. The summed E-state index contributed by atoms with van der Waals surface area (Å²) < 4.78 is 0. The van der Waals surface area contributed by atoms with Crippen molar-refractivity contribution in [1.82, 2.24) is 15.2 Å². The molecule has 110 valence electrons. The van der Waals surface area contributed by atoms with E-state index in [4.69, 9.17) is 0 Å². The molecule has 0 aliphatic carbocycles. The molecule has 20 heavy (non-hydrogen) atoms. The molecule has 0 bridgehead atoms. The van der Waals surface area contributed by atoms with Crippen LogP contribution in [0.2, 0.25) is 0 Å². The highest BCUT2D eigenvalue weighted by Gasteiger charge is 2.39. The lowest BCUT2D eigenvalue weighted by atomic mass is 9.82. The smallest absolute Gasteiger partial charge is 0.317 e. The molecule has 1 atom stereocenters. The number of rotatable bonds is 3. The number of aromatic nitrogens is 1. The second-order valence-electron chi connectivity index (χ2n) is 5.41. The Labute approximate surface area is 121 Å². The van der Waals surface area contributed by atoms with Gasteiger partial charge in [-0.15, -0.1) is 11.3 Å². The van der Waals surface area contributed by atoms with Gasteiger partial charge in [-0.05, 0) is 26.7 Å². The monoisotopic (exact) mass is 297 g/mol. The Balaban J connectivity index is 1.90. The Morgan fingerprint density at radius 3 is 2.95 bits per heavy atom. The van der Waals surface area contributed by atoms with Crippen LogP contribution in [-0.4, -0.2) is 40.1 Å². The molecule has 2 amide bonds. The molecule has 7 heteroatoms. The van der Waals surface area contributed by atoms with Crippen LogP contribution in [0.5, 0.6) is 0 Å². The number of piperidine rings is 1. The number of carbonyl (C=O) groups excluding carboxylic acids is 1. The van der Waals surface area contributed by atoms with Crippen molar-refractivity contribution in [3.63, 3.8) is 0 Å². The zero-order valence-corrected chi connectivity index (χ0v) is 12.5. The average molecular weight is 297 g/mol. The van der Waals surface area contributed by atoms with Crippen LogP contribution in [-0.2, 0) is 11.3 Å². The van der Waals surface area contributed by atoms with Crippen molar-refractivity contribution in [2.45, 2.75) is 33.2 Å². The topological polar surface area (TPSA) is 82.5 Å². The van der Waals surface area contributed by atoms with Crippen LogP contribution in [0.1, 0.15) is 29.7 Å². The average Bonchev–Trinajstić information content (AvgIpc) is 2.81. The molecule has 0 saturated carbocycles. The summed E-state index contributed by atoms with van der Waals surface area (Å²) in [6.45, 7) is 4.90. The van der Waals surface area contributed by atoms with Gasteiger partial charge in [-0.25, -0.2) is 9.78 Å². The fraction of sp³-hybridized carbons (Fsp3) is 0.615. The first-order valence-electron chi connectivity index (χ1n) is 6.58. The van der Waals surface area contributed by atoms with Gasteiger partial charge in [-0.3, -0.25) is 4.79 Å². The minimum absolute atomic E-state index is 0.218. The maximum absolute atomic E-state index is 12.1. The van der Waals surface area contributed by atoms with Crippen LogP contribution in [0.3, 0.4) is 0 Å². The van der Waals surface area contributed by atoms with Crippen molar-refractivity contribution in [2.75, 3.05) is 13.1 Å². The zero-order valence-electron chi connectivity index (χ0n) is 11.7. The molecule has 1 unspecified atom stereocenters. The van der Waals surface area contributed by atoms with Gasteiger partial charge in [-0.2, -0.15) is 0 Å². The molecule has 0 spiro atoms. The van der Waals surface area contributed by atoms with E-state index in [1.165, 1.54) is 0 Å². The molecular formula is C13H19N3O3S. The van der Waals surface area contributed by atoms with E-state index in [9.17, 15) is 14.7 Å². The molecule has 1 saturated heterocycles. The van der Waals surface area contributed by atoms with Crippen molar-refractivity contribution >= 4 is 23.3 Å². The molecule has 0 aromatic carbocycles. The zero-order chi connectivity index (χ0) is 14.8. The highest BCUT2D eigenvalue weighted by Crippen LogP contribution is 2.29. The summed E-state index contributed by atoms with van der Waals surface area (Å²) in [5.74, 6) is -0.842. The molecule has 2 N–H and O–H groups in total. The minimum Gasteiger partial charge on any atom is -0.481 e. The third-order valence-corrected chi connectivity index (χ3v) is 4.47. The predicted octanol–water partition coefficient (Wildman–Crippen LogP) is 1.85. The summed E-state index contributed by atoms with van der Waals surface area (Å²) in [6.07, 6.45) is 3.10. The normalized spacial score (nSPS) is 22.6. The number of amides is 2. The van der Waals surface area contributed by atoms with Crippen molar-refractivity contribution in [1.29, 1.82) is 0 Å². The molecule has 0 radical (unpaired) electrons. The summed E-state index contributed by atoms with van der Waals surface area (Å²) in [6, 6.07) is -0.218. The second-order valence-corrected chi connectivity index (χ2v) is 6.73. The Bertz CT molecular complexity index is 517. The number of hydrogen-bond donors (Lipinski definition) is 2. The number of nitrogens with zero attached hydrogens (tertiary/aromatic N) is 2. The summed E-state index contributed by atoms with van der Waals surface area (Å²) in [5, 5.41) is 12.9. The molecule has 6 nitrogen and oxygen atoms in total. The predicted molar refractivity (Wildman–Crippen MR) is 75.6 cm³/mol. The van der Waals surface area contributed by atoms with Crippen molar-refractivity contribution < 1.29 is 14.7 Å². The number of carboxylic acids is 1. The SMILES string of the molecule is Cc1cnc(CNC(=O)N2CCCC(C)(C(=O)O)C2)s1. The summed E-state index contributed by atoms with van der Waals surface area (Å²) in [4.78, 5) is 30.2. The number of aliphatic carboxylic acids is 1. The molecule has 1 fully saturated rings. The molecule has 2 rings (SSSR count). The van der Waals surface area contributed by atoms with E-state index >= 15 is 0 Å². The molecule has 1 aliphatic rings. The van der Waals surface area contributed by atoms with Crippen molar-refractivity contribution in [3.05, 3.63) is 16.1 Å². The first-order chi connectivity index (χ1) is 9.40. The van der Waals surface area contributed by atoms with E-state index in [-0.39, 0.29) is 12.6 Å². The van der Waals surface area contributed by atoms with Gasteiger partial charge in [-0.1, -0.05) is 0 Å². The van der Waals surface area contributed by atoms with Crippen LogP contribution < -0.4 is 5.32 Å². The Hall–Kier alpha value is -1.63. The number of urea groups is 1. The number of carboxylic acid groups (broad SMARTS) is 1. The van der Waals surface area contributed by atoms with Gasteiger partial charge < -0.3 is 15.3 Å².